The minimum absolute atomic E-state index is 0.00218. The molecule has 3 rings (SSSR count). The fourth-order valence-corrected chi connectivity index (χ4v) is 2.17. The van der Waals surface area contributed by atoms with E-state index in [9.17, 15) is 4.79 Å². The minimum Gasteiger partial charge on any atom is -0.380 e. The first-order chi connectivity index (χ1) is 9.24. The van der Waals surface area contributed by atoms with Crippen molar-refractivity contribution in [3.63, 3.8) is 0 Å². The van der Waals surface area contributed by atoms with Crippen molar-refractivity contribution in [1.29, 1.82) is 0 Å². The summed E-state index contributed by atoms with van der Waals surface area (Å²) in [5.74, 6) is 0. The van der Waals surface area contributed by atoms with Crippen LogP contribution in [0.1, 0.15) is 5.56 Å². The number of anilines is 1. The summed E-state index contributed by atoms with van der Waals surface area (Å²) < 4.78 is 1.57. The van der Waals surface area contributed by atoms with Gasteiger partial charge in [-0.25, -0.2) is 0 Å². The largest absolute Gasteiger partial charge is 0.380 e. The van der Waals surface area contributed by atoms with E-state index in [0.717, 1.165) is 17.7 Å². The number of H-pyrrole nitrogens is 1. The Morgan fingerprint density at radius 1 is 1.21 bits per heavy atom. The van der Waals surface area contributed by atoms with Crippen molar-refractivity contribution in [2.24, 2.45) is 7.05 Å². The van der Waals surface area contributed by atoms with Crippen molar-refractivity contribution in [2.75, 3.05) is 5.32 Å². The molecule has 0 saturated carbocycles. The monoisotopic (exact) mass is 253 g/mol. The zero-order valence-electron chi connectivity index (χ0n) is 10.7. The molecular weight excluding hydrogens is 238 g/mol. The third-order valence-electron chi connectivity index (χ3n) is 3.24. The SMILES string of the molecule is Cn1cc(NCc2c[nH]c3ccccc23)ccc1=O. The molecular formula is C15H15N3O. The van der Waals surface area contributed by atoms with Gasteiger partial charge in [0.2, 0.25) is 5.56 Å². The molecule has 3 aromatic rings. The van der Waals surface area contributed by atoms with E-state index in [0.29, 0.717) is 0 Å². The first-order valence-corrected chi connectivity index (χ1v) is 6.19. The van der Waals surface area contributed by atoms with Crippen molar-refractivity contribution in [3.8, 4) is 0 Å². The van der Waals surface area contributed by atoms with Crippen LogP contribution in [0.5, 0.6) is 0 Å². The van der Waals surface area contributed by atoms with E-state index in [1.165, 1.54) is 10.9 Å². The van der Waals surface area contributed by atoms with Crippen LogP contribution in [0.3, 0.4) is 0 Å². The molecule has 4 nitrogen and oxygen atoms in total. The lowest BCUT2D eigenvalue weighted by molar-refractivity contribution is 0.859. The predicted molar refractivity (Wildman–Crippen MR) is 77.3 cm³/mol. The van der Waals surface area contributed by atoms with Gasteiger partial charge < -0.3 is 14.9 Å². The second-order valence-electron chi connectivity index (χ2n) is 4.58. The number of pyridine rings is 1. The molecule has 0 amide bonds. The summed E-state index contributed by atoms with van der Waals surface area (Å²) >= 11 is 0. The van der Waals surface area contributed by atoms with Crippen molar-refractivity contribution in [1.82, 2.24) is 9.55 Å². The van der Waals surface area contributed by atoms with E-state index >= 15 is 0 Å². The molecule has 4 heteroatoms. The van der Waals surface area contributed by atoms with Crippen molar-refractivity contribution in [3.05, 3.63) is 64.7 Å². The molecule has 0 aliphatic heterocycles. The zero-order chi connectivity index (χ0) is 13.2. The number of hydrogen-bond acceptors (Lipinski definition) is 2. The van der Waals surface area contributed by atoms with Crippen LogP contribution in [0.4, 0.5) is 5.69 Å². The number of fused-ring (bicyclic) bond motifs is 1. The van der Waals surface area contributed by atoms with Gasteiger partial charge in [0.15, 0.2) is 0 Å². The highest BCUT2D eigenvalue weighted by Crippen LogP contribution is 2.18. The molecule has 0 aliphatic rings. The summed E-state index contributed by atoms with van der Waals surface area (Å²) in [6.07, 6.45) is 3.82. The van der Waals surface area contributed by atoms with Crippen LogP contribution in [-0.2, 0) is 13.6 Å². The Labute approximate surface area is 110 Å². The Hall–Kier alpha value is -2.49. The Morgan fingerprint density at radius 3 is 2.89 bits per heavy atom. The van der Waals surface area contributed by atoms with Gasteiger partial charge in [0, 0.05) is 43.0 Å². The number of nitrogens with zero attached hydrogens (tertiary/aromatic N) is 1. The average molecular weight is 253 g/mol. The van der Waals surface area contributed by atoms with E-state index in [-0.39, 0.29) is 5.56 Å². The summed E-state index contributed by atoms with van der Waals surface area (Å²) in [5, 5.41) is 4.55. The van der Waals surface area contributed by atoms with E-state index in [2.05, 4.69) is 22.4 Å². The summed E-state index contributed by atoms with van der Waals surface area (Å²) in [7, 11) is 1.75. The quantitative estimate of drug-likeness (QED) is 0.753. The fraction of sp³-hybridized carbons (Fsp3) is 0.133. The van der Waals surface area contributed by atoms with Crippen LogP contribution in [-0.4, -0.2) is 9.55 Å². The van der Waals surface area contributed by atoms with Gasteiger partial charge in [0.05, 0.1) is 5.69 Å². The van der Waals surface area contributed by atoms with Gasteiger partial charge in [-0.15, -0.1) is 0 Å². The van der Waals surface area contributed by atoms with Gasteiger partial charge in [-0.3, -0.25) is 4.79 Å². The molecule has 0 aliphatic carbocycles. The molecule has 2 N–H and O–H groups in total. The predicted octanol–water partition coefficient (Wildman–Crippen LogP) is 2.48. The second-order valence-corrected chi connectivity index (χ2v) is 4.58. The molecule has 0 fully saturated rings. The summed E-state index contributed by atoms with van der Waals surface area (Å²) in [4.78, 5) is 14.6. The third kappa shape index (κ3) is 2.25. The lowest BCUT2D eigenvalue weighted by Gasteiger charge is -2.06. The number of aromatic nitrogens is 2. The van der Waals surface area contributed by atoms with Gasteiger partial charge in [-0.05, 0) is 17.7 Å². The average Bonchev–Trinajstić information content (AvgIpc) is 2.83. The maximum absolute atomic E-state index is 11.3. The molecule has 0 atom stereocenters. The number of benzene rings is 1. The standard InChI is InChI=1S/C15H15N3O/c1-18-10-12(6-7-15(18)19)16-8-11-9-17-14-5-3-2-4-13(11)14/h2-7,9-10,16-17H,8H2,1H3. The van der Waals surface area contributed by atoms with Crippen LogP contribution >= 0.6 is 0 Å². The highest BCUT2D eigenvalue weighted by Gasteiger charge is 2.02. The highest BCUT2D eigenvalue weighted by atomic mass is 16.1. The van der Waals surface area contributed by atoms with Crippen LogP contribution < -0.4 is 10.9 Å². The summed E-state index contributed by atoms with van der Waals surface area (Å²) in [5.41, 5.74) is 3.29. The van der Waals surface area contributed by atoms with Crippen molar-refractivity contribution < 1.29 is 0 Å². The zero-order valence-corrected chi connectivity index (χ0v) is 10.7. The molecule has 0 saturated heterocycles. The molecule has 19 heavy (non-hydrogen) atoms. The number of aromatic amines is 1. The van der Waals surface area contributed by atoms with Crippen molar-refractivity contribution in [2.45, 2.75) is 6.54 Å². The first-order valence-electron chi connectivity index (χ1n) is 6.19. The van der Waals surface area contributed by atoms with E-state index in [4.69, 9.17) is 0 Å². The van der Waals surface area contributed by atoms with Gasteiger partial charge in [-0.1, -0.05) is 18.2 Å². The van der Waals surface area contributed by atoms with Crippen LogP contribution in [0.2, 0.25) is 0 Å². The first kappa shape index (κ1) is 11.6. The molecule has 2 aromatic heterocycles. The maximum Gasteiger partial charge on any atom is 0.250 e. The van der Waals surface area contributed by atoms with Crippen LogP contribution in [0.15, 0.2) is 53.6 Å². The Morgan fingerprint density at radius 2 is 2.05 bits per heavy atom. The molecule has 0 radical (unpaired) electrons. The van der Waals surface area contributed by atoms with Gasteiger partial charge >= 0.3 is 0 Å². The molecule has 0 bridgehead atoms. The second kappa shape index (κ2) is 4.65. The maximum atomic E-state index is 11.3. The molecule has 0 spiro atoms. The minimum atomic E-state index is -0.00218. The normalized spacial score (nSPS) is 10.8. The smallest absolute Gasteiger partial charge is 0.250 e. The number of nitrogens with one attached hydrogen (secondary N) is 2. The van der Waals surface area contributed by atoms with Crippen LogP contribution in [0.25, 0.3) is 10.9 Å². The van der Waals surface area contributed by atoms with Gasteiger partial charge in [-0.2, -0.15) is 0 Å². The Bertz CT molecular complexity index is 770. The lowest BCUT2D eigenvalue weighted by Crippen LogP contribution is -2.15. The van der Waals surface area contributed by atoms with Crippen LogP contribution in [0, 0.1) is 0 Å². The number of rotatable bonds is 3. The molecule has 0 unspecified atom stereocenters. The van der Waals surface area contributed by atoms with Gasteiger partial charge in [0.1, 0.15) is 0 Å². The van der Waals surface area contributed by atoms with Gasteiger partial charge in [0.25, 0.3) is 0 Å². The molecule has 2 heterocycles. The Balaban J connectivity index is 1.82. The number of hydrogen-bond donors (Lipinski definition) is 2. The topological polar surface area (TPSA) is 49.8 Å². The van der Waals surface area contributed by atoms with Crippen molar-refractivity contribution >= 4 is 16.6 Å². The van der Waals surface area contributed by atoms with E-state index in [1.807, 2.05) is 18.3 Å². The molecule has 1 aromatic carbocycles. The van der Waals surface area contributed by atoms with E-state index in [1.54, 1.807) is 29.9 Å². The lowest BCUT2D eigenvalue weighted by atomic mass is 10.2. The third-order valence-corrected chi connectivity index (χ3v) is 3.24. The summed E-state index contributed by atoms with van der Waals surface area (Å²) in [6.45, 7) is 0.724. The summed E-state index contributed by atoms with van der Waals surface area (Å²) in [6, 6.07) is 11.6. The number of para-hydroxylation sites is 1. The fourth-order valence-electron chi connectivity index (χ4n) is 2.17. The highest BCUT2D eigenvalue weighted by molar-refractivity contribution is 5.83. The Kier molecular flexibility index (Phi) is 2.83. The molecule has 96 valence electrons. The number of aryl methyl sites for hydroxylation is 1. The van der Waals surface area contributed by atoms with E-state index < -0.39 is 0 Å².